The molecule has 2 amide bonds. The Kier molecular flexibility index (Phi) is 6.39. The summed E-state index contributed by atoms with van der Waals surface area (Å²) in [4.78, 5) is 22.6. The maximum atomic E-state index is 10.8. The molecule has 132 valence electrons. The van der Waals surface area contributed by atoms with E-state index < -0.39 is 5.91 Å². The molecule has 0 aliphatic carbocycles. The molecule has 2 aromatic carbocycles. The lowest BCUT2D eigenvalue weighted by Gasteiger charge is -2.11. The van der Waals surface area contributed by atoms with Crippen LogP contribution in [0.3, 0.4) is 0 Å². The monoisotopic (exact) mass is 340 g/mol. The van der Waals surface area contributed by atoms with E-state index in [1.54, 1.807) is 0 Å². The second-order valence-electron chi connectivity index (χ2n) is 6.05. The van der Waals surface area contributed by atoms with Crippen LogP contribution in [-0.4, -0.2) is 29.8 Å². The largest absolute Gasteiger partial charge is 0.399 e. The van der Waals surface area contributed by atoms with Gasteiger partial charge >= 0.3 is 0 Å². The number of amides is 2. The Morgan fingerprint density at radius 1 is 0.920 bits per heavy atom. The standard InChI is InChI=1S/C13H14N2.C6H10N2O2/c14-12-5-1-10(2-6-12)9-11-3-7-13(15)8-4-11;7-5(9)4-8-3-1-2-6(8)10/h1-8H,9,14-15H2;1-4H2,(H2,7,9). The molecule has 0 spiro atoms. The third kappa shape index (κ3) is 6.18. The molecule has 1 aliphatic rings. The molecule has 0 unspecified atom stereocenters. The van der Waals surface area contributed by atoms with Crippen LogP contribution in [0.4, 0.5) is 11.4 Å². The van der Waals surface area contributed by atoms with E-state index in [1.165, 1.54) is 16.0 Å². The van der Waals surface area contributed by atoms with E-state index in [9.17, 15) is 9.59 Å². The summed E-state index contributed by atoms with van der Waals surface area (Å²) in [6.07, 6.45) is 2.33. The van der Waals surface area contributed by atoms with E-state index in [1.807, 2.05) is 48.5 Å². The van der Waals surface area contributed by atoms with Crippen LogP contribution < -0.4 is 17.2 Å². The molecule has 6 nitrogen and oxygen atoms in total. The van der Waals surface area contributed by atoms with Crippen LogP contribution >= 0.6 is 0 Å². The predicted octanol–water partition coefficient (Wildman–Crippen LogP) is 1.54. The summed E-state index contributed by atoms with van der Waals surface area (Å²) >= 11 is 0. The van der Waals surface area contributed by atoms with Crippen molar-refractivity contribution in [2.45, 2.75) is 19.3 Å². The van der Waals surface area contributed by atoms with Crippen molar-refractivity contribution in [3.63, 3.8) is 0 Å². The molecule has 1 fully saturated rings. The summed E-state index contributed by atoms with van der Waals surface area (Å²) in [5.41, 5.74) is 20.3. The van der Waals surface area contributed by atoms with Crippen molar-refractivity contribution in [1.82, 2.24) is 4.90 Å². The molecule has 1 heterocycles. The second kappa shape index (κ2) is 8.73. The molecule has 25 heavy (non-hydrogen) atoms. The van der Waals surface area contributed by atoms with E-state index >= 15 is 0 Å². The van der Waals surface area contributed by atoms with Crippen LogP contribution in [0.25, 0.3) is 0 Å². The number of nitrogen functional groups attached to an aromatic ring is 2. The van der Waals surface area contributed by atoms with Gasteiger partial charge in [0.15, 0.2) is 0 Å². The van der Waals surface area contributed by atoms with E-state index in [2.05, 4.69) is 0 Å². The van der Waals surface area contributed by atoms with Crippen LogP contribution in [0.1, 0.15) is 24.0 Å². The number of nitrogens with zero attached hydrogens (tertiary/aromatic N) is 1. The molecule has 0 atom stereocenters. The normalized spacial score (nSPS) is 13.3. The zero-order chi connectivity index (χ0) is 18.2. The average Bonchev–Trinajstić information content (AvgIpc) is 2.97. The first kappa shape index (κ1) is 18.3. The average molecular weight is 340 g/mol. The number of hydrogen-bond acceptors (Lipinski definition) is 4. The molecule has 0 aromatic heterocycles. The highest BCUT2D eigenvalue weighted by Crippen LogP contribution is 2.13. The van der Waals surface area contributed by atoms with Gasteiger partial charge in [-0.05, 0) is 48.2 Å². The summed E-state index contributed by atoms with van der Waals surface area (Å²) in [5, 5.41) is 0. The van der Waals surface area contributed by atoms with Gasteiger partial charge in [-0.15, -0.1) is 0 Å². The molecular formula is C19H24N4O2. The Balaban J connectivity index is 0.000000196. The van der Waals surface area contributed by atoms with Crippen molar-refractivity contribution in [1.29, 1.82) is 0 Å². The predicted molar refractivity (Wildman–Crippen MR) is 99.5 cm³/mol. The lowest BCUT2D eigenvalue weighted by Crippen LogP contribution is -2.34. The highest BCUT2D eigenvalue weighted by molar-refractivity contribution is 5.84. The number of rotatable bonds is 4. The van der Waals surface area contributed by atoms with Crippen LogP contribution in [0.2, 0.25) is 0 Å². The van der Waals surface area contributed by atoms with Gasteiger partial charge < -0.3 is 22.1 Å². The minimum Gasteiger partial charge on any atom is -0.399 e. The van der Waals surface area contributed by atoms with Crippen molar-refractivity contribution in [3.8, 4) is 0 Å². The highest BCUT2D eigenvalue weighted by Gasteiger charge is 2.20. The van der Waals surface area contributed by atoms with Gasteiger partial charge in [-0.1, -0.05) is 24.3 Å². The van der Waals surface area contributed by atoms with Crippen molar-refractivity contribution < 1.29 is 9.59 Å². The molecule has 6 heteroatoms. The van der Waals surface area contributed by atoms with Crippen LogP contribution in [0.15, 0.2) is 48.5 Å². The first-order valence-corrected chi connectivity index (χ1v) is 8.19. The molecule has 1 saturated heterocycles. The summed E-state index contributed by atoms with van der Waals surface area (Å²) in [5.74, 6) is -0.394. The zero-order valence-electron chi connectivity index (χ0n) is 14.2. The highest BCUT2D eigenvalue weighted by atomic mass is 16.2. The Labute approximate surface area is 147 Å². The number of carbonyl (C=O) groups excluding carboxylic acids is 2. The first-order chi connectivity index (χ1) is 11.9. The number of anilines is 2. The summed E-state index contributed by atoms with van der Waals surface area (Å²) in [6.45, 7) is 0.764. The smallest absolute Gasteiger partial charge is 0.237 e. The number of hydrogen-bond donors (Lipinski definition) is 3. The zero-order valence-corrected chi connectivity index (χ0v) is 14.2. The molecule has 3 rings (SSSR count). The minimum absolute atomic E-state index is 0.0406. The lowest BCUT2D eigenvalue weighted by atomic mass is 10.0. The first-order valence-electron chi connectivity index (χ1n) is 8.19. The van der Waals surface area contributed by atoms with Gasteiger partial charge in [0, 0.05) is 24.3 Å². The number of likely N-dealkylation sites (tertiary alicyclic amines) is 1. The maximum absolute atomic E-state index is 10.8. The second-order valence-corrected chi connectivity index (χ2v) is 6.05. The number of carbonyl (C=O) groups is 2. The quantitative estimate of drug-likeness (QED) is 0.732. The molecule has 0 saturated carbocycles. The SMILES string of the molecule is NC(=O)CN1CCCC1=O.Nc1ccc(Cc2ccc(N)cc2)cc1. The number of nitrogens with two attached hydrogens (primary N) is 3. The van der Waals surface area contributed by atoms with Crippen LogP contribution in [-0.2, 0) is 16.0 Å². The van der Waals surface area contributed by atoms with Gasteiger partial charge in [0.2, 0.25) is 11.8 Å². The Hall–Kier alpha value is -3.02. The van der Waals surface area contributed by atoms with Gasteiger partial charge in [0.25, 0.3) is 0 Å². The Morgan fingerprint density at radius 2 is 1.40 bits per heavy atom. The fourth-order valence-electron chi connectivity index (χ4n) is 2.57. The molecule has 0 radical (unpaired) electrons. The van der Waals surface area contributed by atoms with Gasteiger partial charge in [0.05, 0.1) is 6.54 Å². The summed E-state index contributed by atoms with van der Waals surface area (Å²) < 4.78 is 0. The fourth-order valence-corrected chi connectivity index (χ4v) is 2.57. The van der Waals surface area contributed by atoms with Gasteiger partial charge in [-0.25, -0.2) is 0 Å². The van der Waals surface area contributed by atoms with Gasteiger partial charge in [-0.3, -0.25) is 9.59 Å². The van der Waals surface area contributed by atoms with Gasteiger partial charge in [0.1, 0.15) is 0 Å². The minimum atomic E-state index is -0.435. The topological polar surface area (TPSA) is 115 Å². The number of primary amides is 1. The van der Waals surface area contributed by atoms with Crippen molar-refractivity contribution in [2.75, 3.05) is 24.6 Å². The van der Waals surface area contributed by atoms with Crippen molar-refractivity contribution in [2.24, 2.45) is 5.73 Å². The summed E-state index contributed by atoms with van der Waals surface area (Å²) in [7, 11) is 0. The van der Waals surface area contributed by atoms with E-state index in [4.69, 9.17) is 17.2 Å². The lowest BCUT2D eigenvalue weighted by molar-refractivity contribution is -0.132. The van der Waals surface area contributed by atoms with Crippen LogP contribution in [0.5, 0.6) is 0 Å². The Bertz CT molecular complexity index is 668. The van der Waals surface area contributed by atoms with Crippen molar-refractivity contribution in [3.05, 3.63) is 59.7 Å². The third-order valence-electron chi connectivity index (χ3n) is 3.89. The fraction of sp³-hybridized carbons (Fsp3) is 0.263. The number of benzene rings is 2. The van der Waals surface area contributed by atoms with Crippen molar-refractivity contribution >= 4 is 23.2 Å². The molecule has 2 aromatic rings. The van der Waals surface area contributed by atoms with E-state index in [-0.39, 0.29) is 12.5 Å². The molecule has 1 aliphatic heterocycles. The third-order valence-corrected chi connectivity index (χ3v) is 3.89. The molecule has 6 N–H and O–H groups in total. The Morgan fingerprint density at radius 3 is 1.76 bits per heavy atom. The van der Waals surface area contributed by atoms with Crippen LogP contribution in [0, 0.1) is 0 Å². The summed E-state index contributed by atoms with van der Waals surface area (Å²) in [6, 6.07) is 15.9. The molecular weight excluding hydrogens is 316 g/mol. The van der Waals surface area contributed by atoms with E-state index in [0.717, 1.165) is 24.2 Å². The van der Waals surface area contributed by atoms with E-state index in [0.29, 0.717) is 13.0 Å². The molecule has 0 bridgehead atoms. The maximum Gasteiger partial charge on any atom is 0.237 e. The van der Waals surface area contributed by atoms with Gasteiger partial charge in [-0.2, -0.15) is 0 Å².